The third-order valence-electron chi connectivity index (χ3n) is 4.26. The Balaban J connectivity index is 1.61. The molecule has 1 atom stereocenters. The van der Waals surface area contributed by atoms with Crippen LogP contribution in [0.15, 0.2) is 53.0 Å². The van der Waals surface area contributed by atoms with Gasteiger partial charge in [0.2, 0.25) is 0 Å². The Morgan fingerprint density at radius 2 is 2.04 bits per heavy atom. The number of carbonyl (C=O) groups is 1. The molecule has 0 aliphatic carbocycles. The average molecular weight is 391 g/mol. The predicted octanol–water partition coefficient (Wildman–Crippen LogP) is 3.98. The molecule has 0 bridgehead atoms. The van der Waals surface area contributed by atoms with Gasteiger partial charge in [-0.25, -0.2) is 4.39 Å². The highest BCUT2D eigenvalue weighted by Gasteiger charge is 2.22. The lowest BCUT2D eigenvalue weighted by Crippen LogP contribution is -2.47. The maximum absolute atomic E-state index is 13.4. The minimum absolute atomic E-state index is 0.0881. The van der Waals surface area contributed by atoms with E-state index in [9.17, 15) is 9.18 Å². The molecule has 0 radical (unpaired) electrons. The average Bonchev–Trinajstić information content (AvgIpc) is 2.58. The van der Waals surface area contributed by atoms with Gasteiger partial charge in [0.15, 0.2) is 0 Å². The van der Waals surface area contributed by atoms with E-state index in [1.54, 1.807) is 6.07 Å². The van der Waals surface area contributed by atoms with Crippen molar-refractivity contribution in [1.29, 1.82) is 0 Å². The molecule has 5 heteroatoms. The van der Waals surface area contributed by atoms with Crippen LogP contribution in [-0.2, 0) is 6.54 Å². The summed E-state index contributed by atoms with van der Waals surface area (Å²) in [5, 5.41) is 3.04. The molecule has 0 saturated carbocycles. The van der Waals surface area contributed by atoms with Crippen LogP contribution >= 0.6 is 15.9 Å². The molecule has 3 nitrogen and oxygen atoms in total. The molecular weight excluding hydrogens is 371 g/mol. The van der Waals surface area contributed by atoms with Crippen LogP contribution in [0.5, 0.6) is 0 Å². The van der Waals surface area contributed by atoms with Gasteiger partial charge in [0.1, 0.15) is 5.82 Å². The van der Waals surface area contributed by atoms with Crippen LogP contribution in [0.4, 0.5) is 4.39 Å². The van der Waals surface area contributed by atoms with Crippen molar-refractivity contribution in [1.82, 2.24) is 10.2 Å². The van der Waals surface area contributed by atoms with Gasteiger partial charge in [-0.2, -0.15) is 0 Å². The molecule has 1 fully saturated rings. The Morgan fingerprint density at radius 3 is 2.83 bits per heavy atom. The summed E-state index contributed by atoms with van der Waals surface area (Å²) >= 11 is 3.31. The molecule has 2 aromatic rings. The van der Waals surface area contributed by atoms with E-state index in [0.29, 0.717) is 10.0 Å². The zero-order chi connectivity index (χ0) is 16.9. The molecule has 3 rings (SSSR count). The first-order chi connectivity index (χ1) is 11.6. The second kappa shape index (κ2) is 7.90. The highest BCUT2D eigenvalue weighted by molar-refractivity contribution is 9.10. The molecule has 1 heterocycles. The van der Waals surface area contributed by atoms with Crippen LogP contribution in [-0.4, -0.2) is 29.9 Å². The molecule has 1 aliphatic rings. The summed E-state index contributed by atoms with van der Waals surface area (Å²) < 4.78 is 14.0. The minimum Gasteiger partial charge on any atom is -0.348 e. The van der Waals surface area contributed by atoms with Gasteiger partial charge in [-0.3, -0.25) is 9.69 Å². The van der Waals surface area contributed by atoms with Gasteiger partial charge in [-0.1, -0.05) is 30.3 Å². The van der Waals surface area contributed by atoms with Crippen LogP contribution in [0, 0.1) is 5.82 Å². The van der Waals surface area contributed by atoms with Gasteiger partial charge in [0, 0.05) is 23.6 Å². The van der Waals surface area contributed by atoms with Crippen molar-refractivity contribution >= 4 is 21.8 Å². The van der Waals surface area contributed by atoms with Gasteiger partial charge in [0.25, 0.3) is 5.91 Å². The van der Waals surface area contributed by atoms with E-state index in [1.165, 1.54) is 17.7 Å². The molecule has 1 N–H and O–H groups in total. The zero-order valence-corrected chi connectivity index (χ0v) is 14.9. The number of hydrogen-bond acceptors (Lipinski definition) is 2. The van der Waals surface area contributed by atoms with Crippen LogP contribution in [0.3, 0.4) is 0 Å². The molecular formula is C19H20BrFN2O. The smallest absolute Gasteiger partial charge is 0.252 e. The van der Waals surface area contributed by atoms with E-state index in [4.69, 9.17) is 0 Å². The summed E-state index contributed by atoms with van der Waals surface area (Å²) in [5.74, 6) is -0.634. The lowest BCUT2D eigenvalue weighted by molar-refractivity contribution is 0.0899. The topological polar surface area (TPSA) is 32.3 Å². The van der Waals surface area contributed by atoms with Crippen molar-refractivity contribution in [3.8, 4) is 0 Å². The Morgan fingerprint density at radius 1 is 1.25 bits per heavy atom. The lowest BCUT2D eigenvalue weighted by Gasteiger charge is -2.33. The summed E-state index contributed by atoms with van der Waals surface area (Å²) in [5.41, 5.74) is 1.62. The summed E-state index contributed by atoms with van der Waals surface area (Å²) in [6.07, 6.45) is 1.99. The zero-order valence-electron chi connectivity index (χ0n) is 13.3. The van der Waals surface area contributed by atoms with E-state index < -0.39 is 5.82 Å². The molecule has 126 valence electrons. The molecule has 2 aromatic carbocycles. The number of benzene rings is 2. The second-order valence-corrected chi connectivity index (χ2v) is 7.01. The maximum atomic E-state index is 13.4. The molecule has 24 heavy (non-hydrogen) atoms. The second-order valence-electron chi connectivity index (χ2n) is 6.16. The van der Waals surface area contributed by atoms with Crippen molar-refractivity contribution in [2.75, 3.05) is 13.1 Å². The van der Waals surface area contributed by atoms with Crippen LogP contribution < -0.4 is 5.32 Å². The summed E-state index contributed by atoms with van der Waals surface area (Å²) in [6, 6.07) is 14.6. The van der Waals surface area contributed by atoms with Gasteiger partial charge >= 0.3 is 0 Å². The lowest BCUT2D eigenvalue weighted by atomic mass is 10.0. The molecule has 1 saturated heterocycles. The normalized spacial score (nSPS) is 18.3. The Hall–Kier alpha value is -1.72. The van der Waals surface area contributed by atoms with E-state index in [2.05, 4.69) is 38.3 Å². The fourth-order valence-corrected chi connectivity index (χ4v) is 3.52. The summed E-state index contributed by atoms with van der Waals surface area (Å²) in [4.78, 5) is 14.8. The third-order valence-corrected chi connectivity index (χ3v) is 4.95. The van der Waals surface area contributed by atoms with E-state index in [0.717, 1.165) is 32.5 Å². The van der Waals surface area contributed by atoms with Crippen LogP contribution in [0.25, 0.3) is 0 Å². The SMILES string of the molecule is O=C(N[C@@H]1CCCN(Cc2ccccc2)C1)c1cc(F)ccc1Br. The minimum atomic E-state index is -0.405. The van der Waals surface area contributed by atoms with Crippen molar-refractivity contribution in [2.24, 2.45) is 0 Å². The number of rotatable bonds is 4. The standard InChI is InChI=1S/C19H20BrFN2O/c20-18-9-8-15(21)11-17(18)19(24)22-16-7-4-10-23(13-16)12-14-5-2-1-3-6-14/h1-3,5-6,8-9,11,16H,4,7,10,12-13H2,(H,22,24)/t16-/m1/s1. The molecule has 0 spiro atoms. The number of likely N-dealkylation sites (tertiary alicyclic amines) is 1. The van der Waals surface area contributed by atoms with Gasteiger partial charge in [0.05, 0.1) is 5.56 Å². The number of halogens is 2. The monoisotopic (exact) mass is 390 g/mol. The van der Waals surface area contributed by atoms with E-state index in [1.807, 2.05) is 18.2 Å². The first kappa shape index (κ1) is 17.1. The van der Waals surface area contributed by atoms with Crippen LogP contribution in [0.2, 0.25) is 0 Å². The molecule has 1 aliphatic heterocycles. The molecule has 1 amide bonds. The Kier molecular flexibility index (Phi) is 5.63. The number of nitrogens with zero attached hydrogens (tertiary/aromatic N) is 1. The highest BCUT2D eigenvalue weighted by atomic mass is 79.9. The highest BCUT2D eigenvalue weighted by Crippen LogP contribution is 2.19. The number of carbonyl (C=O) groups excluding carboxylic acids is 1. The van der Waals surface area contributed by atoms with E-state index >= 15 is 0 Å². The number of piperidine rings is 1. The van der Waals surface area contributed by atoms with Crippen molar-refractivity contribution in [2.45, 2.75) is 25.4 Å². The van der Waals surface area contributed by atoms with Crippen molar-refractivity contribution in [3.63, 3.8) is 0 Å². The van der Waals surface area contributed by atoms with E-state index in [-0.39, 0.29) is 11.9 Å². The van der Waals surface area contributed by atoms with Crippen molar-refractivity contribution in [3.05, 3.63) is 69.9 Å². The fraction of sp³-hybridized carbons (Fsp3) is 0.316. The first-order valence-electron chi connectivity index (χ1n) is 8.14. The fourth-order valence-electron chi connectivity index (χ4n) is 3.09. The number of hydrogen-bond donors (Lipinski definition) is 1. The largest absolute Gasteiger partial charge is 0.348 e. The first-order valence-corrected chi connectivity index (χ1v) is 8.93. The Bertz CT molecular complexity index is 708. The molecule has 0 unspecified atom stereocenters. The number of nitrogens with one attached hydrogen (secondary N) is 1. The van der Waals surface area contributed by atoms with Gasteiger partial charge in [-0.05, 0) is 59.1 Å². The van der Waals surface area contributed by atoms with Gasteiger partial charge in [-0.15, -0.1) is 0 Å². The number of amides is 1. The van der Waals surface area contributed by atoms with Crippen LogP contribution in [0.1, 0.15) is 28.8 Å². The van der Waals surface area contributed by atoms with Crippen molar-refractivity contribution < 1.29 is 9.18 Å². The summed E-state index contributed by atoms with van der Waals surface area (Å²) in [7, 11) is 0. The van der Waals surface area contributed by atoms with Gasteiger partial charge < -0.3 is 5.32 Å². The maximum Gasteiger partial charge on any atom is 0.252 e. The third kappa shape index (κ3) is 4.42. The Labute approximate surface area is 150 Å². The predicted molar refractivity (Wildman–Crippen MR) is 96.3 cm³/mol. The molecule has 0 aromatic heterocycles. The quantitative estimate of drug-likeness (QED) is 0.855. The summed E-state index contributed by atoms with van der Waals surface area (Å²) in [6.45, 7) is 2.73.